The Labute approximate surface area is 84.4 Å². The Morgan fingerprint density at radius 1 is 1.50 bits per heavy atom. The summed E-state index contributed by atoms with van der Waals surface area (Å²) in [6.07, 6.45) is 0. The highest BCUT2D eigenvalue weighted by atomic mass is 79.9. The molecule has 0 aliphatic carbocycles. The molecule has 12 heavy (non-hydrogen) atoms. The number of aromatic nitrogens is 1. The zero-order valence-corrected chi connectivity index (χ0v) is 9.14. The molecule has 0 spiro atoms. The van der Waals surface area contributed by atoms with Gasteiger partial charge < -0.3 is 4.98 Å². The summed E-state index contributed by atoms with van der Waals surface area (Å²) in [6.45, 7) is 3.79. The van der Waals surface area contributed by atoms with Crippen LogP contribution in [0.2, 0.25) is 0 Å². The number of pyridine rings is 1. The molecular weight excluding hydrogens is 236 g/mol. The van der Waals surface area contributed by atoms with Gasteiger partial charge in [0.2, 0.25) is 0 Å². The number of nitriles is 1. The molecule has 0 saturated carbocycles. The molecule has 1 rings (SSSR count). The van der Waals surface area contributed by atoms with Gasteiger partial charge in [0.1, 0.15) is 10.7 Å². The molecule has 0 amide bonds. The van der Waals surface area contributed by atoms with Gasteiger partial charge in [-0.3, -0.25) is 0 Å². The fourth-order valence-corrected chi connectivity index (χ4v) is 1.63. The van der Waals surface area contributed by atoms with Gasteiger partial charge in [-0.1, -0.05) is 12.2 Å². The Bertz CT molecular complexity index is 414. The second-order valence-corrected chi connectivity index (χ2v) is 3.71. The molecule has 1 aromatic heterocycles. The van der Waals surface area contributed by atoms with Crippen LogP contribution in [0, 0.1) is 29.8 Å². The number of hydrogen-bond donors (Lipinski definition) is 1. The molecule has 0 aliphatic heterocycles. The maximum atomic E-state index is 8.76. The third-order valence-corrected chi connectivity index (χ3v) is 3.17. The van der Waals surface area contributed by atoms with E-state index in [2.05, 4.69) is 27.0 Å². The van der Waals surface area contributed by atoms with Crippen LogP contribution < -0.4 is 0 Å². The number of aryl methyl sites for hydroxylation is 1. The van der Waals surface area contributed by atoms with Crippen molar-refractivity contribution in [3.63, 3.8) is 0 Å². The molecule has 0 unspecified atom stereocenters. The molecule has 0 fully saturated rings. The van der Waals surface area contributed by atoms with E-state index in [9.17, 15) is 0 Å². The Kier molecular flexibility index (Phi) is 2.65. The van der Waals surface area contributed by atoms with Crippen LogP contribution >= 0.6 is 28.1 Å². The van der Waals surface area contributed by atoms with Crippen LogP contribution in [0.1, 0.15) is 16.8 Å². The predicted octanol–water partition coefficient (Wildman–Crippen LogP) is 3.00. The van der Waals surface area contributed by atoms with Crippen molar-refractivity contribution < 1.29 is 0 Å². The fraction of sp³-hybridized carbons (Fsp3) is 0.250. The molecule has 0 saturated heterocycles. The van der Waals surface area contributed by atoms with E-state index in [1.807, 2.05) is 13.8 Å². The third-order valence-electron chi connectivity index (χ3n) is 1.67. The summed E-state index contributed by atoms with van der Waals surface area (Å²) in [5.41, 5.74) is 2.40. The van der Waals surface area contributed by atoms with E-state index in [4.69, 9.17) is 17.5 Å². The van der Waals surface area contributed by atoms with E-state index < -0.39 is 0 Å². The predicted molar refractivity (Wildman–Crippen MR) is 53.5 cm³/mol. The third kappa shape index (κ3) is 1.43. The lowest BCUT2D eigenvalue weighted by atomic mass is 10.1. The lowest BCUT2D eigenvalue weighted by Crippen LogP contribution is -1.93. The van der Waals surface area contributed by atoms with Crippen molar-refractivity contribution in [2.45, 2.75) is 13.8 Å². The minimum Gasteiger partial charge on any atom is -0.348 e. The van der Waals surface area contributed by atoms with Crippen LogP contribution in [0.3, 0.4) is 0 Å². The topological polar surface area (TPSA) is 39.6 Å². The van der Waals surface area contributed by atoms with Gasteiger partial charge in [0, 0.05) is 10.2 Å². The van der Waals surface area contributed by atoms with Crippen molar-refractivity contribution in [3.8, 4) is 6.07 Å². The summed E-state index contributed by atoms with van der Waals surface area (Å²) in [5, 5.41) is 8.76. The SMILES string of the molecule is Cc1[nH]c(=S)c(C#N)c(C)c1Br. The first kappa shape index (κ1) is 9.43. The number of nitrogens with zero attached hydrogens (tertiary/aromatic N) is 1. The van der Waals surface area contributed by atoms with Gasteiger partial charge in [0.05, 0.1) is 5.56 Å². The standard InChI is InChI=1S/C8H7BrN2S/c1-4-6(3-10)8(12)11-5(2)7(4)9/h1-2H3,(H,11,12). The van der Waals surface area contributed by atoms with Crippen LogP contribution in [-0.4, -0.2) is 4.98 Å². The Morgan fingerprint density at radius 3 is 2.58 bits per heavy atom. The summed E-state index contributed by atoms with van der Waals surface area (Å²) >= 11 is 8.36. The first-order valence-corrected chi connectivity index (χ1v) is 4.57. The molecule has 0 aliphatic rings. The quantitative estimate of drug-likeness (QED) is 0.711. The summed E-state index contributed by atoms with van der Waals surface area (Å²) in [7, 11) is 0. The van der Waals surface area contributed by atoms with Crippen LogP contribution in [0.5, 0.6) is 0 Å². The fourth-order valence-electron chi connectivity index (χ4n) is 0.984. The molecule has 62 valence electrons. The van der Waals surface area contributed by atoms with E-state index in [1.54, 1.807) is 0 Å². The van der Waals surface area contributed by atoms with Gasteiger partial charge in [0.15, 0.2) is 0 Å². The molecule has 0 atom stereocenters. The van der Waals surface area contributed by atoms with Crippen LogP contribution in [-0.2, 0) is 0 Å². The highest BCUT2D eigenvalue weighted by Gasteiger charge is 2.06. The Hall–Kier alpha value is -0.660. The smallest absolute Gasteiger partial charge is 0.121 e. The van der Waals surface area contributed by atoms with Crippen molar-refractivity contribution in [1.29, 1.82) is 5.26 Å². The molecular formula is C8H7BrN2S. The Morgan fingerprint density at radius 2 is 2.08 bits per heavy atom. The van der Waals surface area contributed by atoms with Gasteiger partial charge in [-0.05, 0) is 35.3 Å². The molecule has 1 heterocycles. The van der Waals surface area contributed by atoms with Gasteiger partial charge in [-0.2, -0.15) is 5.26 Å². The number of hydrogen-bond acceptors (Lipinski definition) is 2. The summed E-state index contributed by atoms with van der Waals surface area (Å²) in [5.74, 6) is 0. The zero-order chi connectivity index (χ0) is 9.30. The highest BCUT2D eigenvalue weighted by Crippen LogP contribution is 2.22. The van der Waals surface area contributed by atoms with Crippen LogP contribution in [0.25, 0.3) is 0 Å². The van der Waals surface area contributed by atoms with E-state index in [1.165, 1.54) is 0 Å². The molecule has 4 heteroatoms. The van der Waals surface area contributed by atoms with Crippen LogP contribution in [0.15, 0.2) is 4.47 Å². The largest absolute Gasteiger partial charge is 0.348 e. The summed E-state index contributed by atoms with van der Waals surface area (Å²) < 4.78 is 1.43. The normalized spacial score (nSPS) is 9.50. The summed E-state index contributed by atoms with van der Waals surface area (Å²) in [6, 6.07) is 2.07. The maximum absolute atomic E-state index is 8.76. The lowest BCUT2D eigenvalue weighted by Gasteiger charge is -2.04. The van der Waals surface area contributed by atoms with E-state index in [0.717, 1.165) is 15.7 Å². The van der Waals surface area contributed by atoms with E-state index >= 15 is 0 Å². The molecule has 1 N–H and O–H groups in total. The molecule has 0 aromatic carbocycles. The Balaban J connectivity index is 3.66. The van der Waals surface area contributed by atoms with Crippen LogP contribution in [0.4, 0.5) is 0 Å². The number of aromatic amines is 1. The maximum Gasteiger partial charge on any atom is 0.121 e. The molecule has 2 nitrogen and oxygen atoms in total. The first-order valence-electron chi connectivity index (χ1n) is 3.37. The number of H-pyrrole nitrogens is 1. The average Bonchev–Trinajstić information content (AvgIpc) is 2.01. The number of rotatable bonds is 0. The van der Waals surface area contributed by atoms with Crippen molar-refractivity contribution in [1.82, 2.24) is 4.98 Å². The second kappa shape index (κ2) is 3.38. The molecule has 0 radical (unpaired) electrons. The van der Waals surface area contributed by atoms with Gasteiger partial charge >= 0.3 is 0 Å². The minimum atomic E-state index is 0.510. The van der Waals surface area contributed by atoms with Gasteiger partial charge in [0.25, 0.3) is 0 Å². The monoisotopic (exact) mass is 242 g/mol. The number of nitrogens with one attached hydrogen (secondary N) is 1. The van der Waals surface area contributed by atoms with Crippen molar-refractivity contribution in [2.24, 2.45) is 0 Å². The van der Waals surface area contributed by atoms with Gasteiger partial charge in [-0.25, -0.2) is 0 Å². The molecule has 0 bridgehead atoms. The number of halogens is 1. The van der Waals surface area contributed by atoms with Gasteiger partial charge in [-0.15, -0.1) is 0 Å². The average molecular weight is 243 g/mol. The lowest BCUT2D eigenvalue weighted by molar-refractivity contribution is 1.12. The highest BCUT2D eigenvalue weighted by molar-refractivity contribution is 9.10. The molecule has 1 aromatic rings. The minimum absolute atomic E-state index is 0.510. The van der Waals surface area contributed by atoms with Crippen molar-refractivity contribution >= 4 is 28.1 Å². The second-order valence-electron chi connectivity index (χ2n) is 2.50. The zero-order valence-electron chi connectivity index (χ0n) is 6.73. The van der Waals surface area contributed by atoms with E-state index in [0.29, 0.717) is 10.2 Å². The van der Waals surface area contributed by atoms with Crippen molar-refractivity contribution in [2.75, 3.05) is 0 Å². The summed E-state index contributed by atoms with van der Waals surface area (Å²) in [4.78, 5) is 2.94. The van der Waals surface area contributed by atoms with E-state index in [-0.39, 0.29) is 0 Å². The van der Waals surface area contributed by atoms with Crippen molar-refractivity contribution in [3.05, 3.63) is 25.9 Å². The first-order chi connectivity index (χ1) is 5.57.